The summed E-state index contributed by atoms with van der Waals surface area (Å²) in [5, 5.41) is 0. The summed E-state index contributed by atoms with van der Waals surface area (Å²) in [6.07, 6.45) is 5.80. The first-order chi connectivity index (χ1) is 21.4. The van der Waals surface area contributed by atoms with Gasteiger partial charge in [-0.25, -0.2) is 0 Å². The van der Waals surface area contributed by atoms with Gasteiger partial charge in [-0.05, 0) is 96.9 Å². The van der Waals surface area contributed by atoms with E-state index in [0.29, 0.717) is 47.9 Å². The Kier molecular flexibility index (Phi) is 8.33. The monoisotopic (exact) mass is 592 g/mol. The highest BCUT2D eigenvalue weighted by molar-refractivity contribution is 5.80. The molecule has 2 saturated carbocycles. The lowest BCUT2D eigenvalue weighted by Gasteiger charge is -2.18. The Hall–Kier alpha value is -4.72. The number of aromatic nitrogens is 2. The first kappa shape index (κ1) is 29.4. The number of nitrogens with zero attached hydrogens (tertiary/aromatic N) is 2. The van der Waals surface area contributed by atoms with Gasteiger partial charge in [-0.15, -0.1) is 0 Å². The van der Waals surface area contributed by atoms with E-state index in [2.05, 4.69) is 48.1 Å². The van der Waals surface area contributed by atoms with Crippen LogP contribution in [0.5, 0.6) is 23.5 Å². The van der Waals surface area contributed by atoms with Gasteiger partial charge in [0.25, 0.3) is 0 Å². The van der Waals surface area contributed by atoms with E-state index in [-0.39, 0.29) is 11.8 Å². The molecule has 0 spiro atoms. The molecule has 4 aromatic rings. The van der Waals surface area contributed by atoms with Crippen molar-refractivity contribution in [2.75, 3.05) is 14.2 Å². The summed E-state index contributed by atoms with van der Waals surface area (Å²) < 4.78 is 23.3. The van der Waals surface area contributed by atoms with Gasteiger partial charge in [0.05, 0.1) is 25.3 Å². The molecular weight excluding hydrogens is 556 g/mol. The van der Waals surface area contributed by atoms with Gasteiger partial charge < -0.3 is 18.9 Å². The third-order valence-corrected chi connectivity index (χ3v) is 8.60. The Bertz CT molecular complexity index is 1600. The van der Waals surface area contributed by atoms with Crippen LogP contribution in [0.15, 0.2) is 48.5 Å². The van der Waals surface area contributed by atoms with Crippen LogP contribution in [0.2, 0.25) is 0 Å². The number of benzene rings is 2. The van der Waals surface area contributed by atoms with Gasteiger partial charge in [0.1, 0.15) is 13.2 Å². The average Bonchev–Trinajstić information content (AvgIpc) is 3.98. The number of hydrogen-bond donors (Lipinski definition) is 0. The number of rotatable bonds is 13. The van der Waals surface area contributed by atoms with E-state index in [1.54, 1.807) is 0 Å². The molecule has 2 aromatic carbocycles. The molecule has 0 amide bonds. The number of aldehydes is 2. The van der Waals surface area contributed by atoms with Crippen molar-refractivity contribution in [3.05, 3.63) is 93.0 Å². The summed E-state index contributed by atoms with van der Waals surface area (Å²) in [6.45, 7) is 4.89. The minimum atomic E-state index is 0.275. The lowest BCUT2D eigenvalue weighted by molar-refractivity contribution is 0.111. The minimum Gasteiger partial charge on any atom is -0.480 e. The highest BCUT2D eigenvalue weighted by Crippen LogP contribution is 2.46. The van der Waals surface area contributed by atoms with Crippen molar-refractivity contribution < 1.29 is 28.5 Å². The quantitative estimate of drug-likeness (QED) is 0.149. The number of pyridine rings is 2. The summed E-state index contributed by atoms with van der Waals surface area (Å²) in [6, 6.07) is 16.2. The largest absolute Gasteiger partial charge is 0.480 e. The first-order valence-corrected chi connectivity index (χ1v) is 15.0. The summed E-state index contributed by atoms with van der Waals surface area (Å²) in [4.78, 5) is 32.2. The van der Waals surface area contributed by atoms with E-state index >= 15 is 0 Å². The zero-order valence-corrected chi connectivity index (χ0v) is 25.5. The summed E-state index contributed by atoms with van der Waals surface area (Å²) >= 11 is 0. The van der Waals surface area contributed by atoms with Crippen molar-refractivity contribution in [3.8, 4) is 34.6 Å². The molecule has 0 aliphatic heterocycles. The molecule has 226 valence electrons. The molecule has 8 nitrogen and oxygen atoms in total. The summed E-state index contributed by atoms with van der Waals surface area (Å²) in [5.41, 5.74) is 9.36. The normalized spacial score (nSPS) is 14.2. The fourth-order valence-electron chi connectivity index (χ4n) is 5.68. The van der Waals surface area contributed by atoms with E-state index in [9.17, 15) is 9.59 Å². The maximum absolute atomic E-state index is 11.6. The number of methoxy groups -OCH3 is 2. The van der Waals surface area contributed by atoms with Crippen molar-refractivity contribution in [3.63, 3.8) is 0 Å². The fraction of sp³-hybridized carbons (Fsp3) is 0.333. The highest BCUT2D eigenvalue weighted by atomic mass is 16.5. The standard InChI is InChI=1S/C36H36N2O6/c1-21-25(19-43-35-31(23-11-12-23)15-27(17-39)33(37-35)41-3)7-5-9-29(21)30-10-6-8-26(22(30)2)20-44-36-32(24-13-14-24)16-28(18-40)34(38-36)42-4/h5-10,15-18,23-24H,11-14,19-20H2,1-4H3. The molecule has 2 heterocycles. The molecule has 2 aliphatic carbocycles. The van der Waals surface area contributed by atoms with Crippen LogP contribution in [0.4, 0.5) is 0 Å². The summed E-state index contributed by atoms with van der Waals surface area (Å²) in [7, 11) is 3.02. The molecular formula is C36H36N2O6. The molecule has 44 heavy (non-hydrogen) atoms. The second kappa shape index (κ2) is 12.5. The first-order valence-electron chi connectivity index (χ1n) is 15.0. The van der Waals surface area contributed by atoms with Crippen molar-refractivity contribution in [1.82, 2.24) is 9.97 Å². The molecule has 0 radical (unpaired) electrons. The molecule has 2 aliphatic rings. The SMILES string of the molecule is COc1nc(OCc2cccc(-c3cccc(COc4nc(OC)c(C=O)cc4C4CC4)c3C)c2C)c(C2CC2)cc1C=O. The van der Waals surface area contributed by atoms with Crippen molar-refractivity contribution >= 4 is 12.6 Å². The van der Waals surface area contributed by atoms with E-state index in [1.807, 2.05) is 24.3 Å². The van der Waals surface area contributed by atoms with E-state index < -0.39 is 0 Å². The van der Waals surface area contributed by atoms with Crippen LogP contribution < -0.4 is 18.9 Å². The van der Waals surface area contributed by atoms with E-state index in [4.69, 9.17) is 18.9 Å². The second-order valence-corrected chi connectivity index (χ2v) is 11.5. The van der Waals surface area contributed by atoms with Crippen LogP contribution in [-0.2, 0) is 13.2 Å². The van der Waals surface area contributed by atoms with Gasteiger partial charge >= 0.3 is 0 Å². The molecule has 8 heteroatoms. The number of ether oxygens (including phenoxy) is 4. The van der Waals surface area contributed by atoms with Crippen LogP contribution in [0.1, 0.15) is 91.6 Å². The van der Waals surface area contributed by atoms with Crippen molar-refractivity contribution in [1.29, 1.82) is 0 Å². The minimum absolute atomic E-state index is 0.275. The van der Waals surface area contributed by atoms with Crippen molar-refractivity contribution in [2.24, 2.45) is 0 Å². The van der Waals surface area contributed by atoms with E-state index in [0.717, 1.165) is 82.8 Å². The van der Waals surface area contributed by atoms with Crippen LogP contribution >= 0.6 is 0 Å². The number of carbonyl (C=O) groups excluding carboxylic acids is 2. The Labute approximate surface area is 257 Å². The van der Waals surface area contributed by atoms with Gasteiger partial charge in [0.15, 0.2) is 12.6 Å². The molecule has 0 N–H and O–H groups in total. The molecule has 2 aromatic heterocycles. The molecule has 0 saturated heterocycles. The Balaban J connectivity index is 1.24. The van der Waals surface area contributed by atoms with Crippen LogP contribution in [0, 0.1) is 13.8 Å². The Morgan fingerprint density at radius 3 is 1.41 bits per heavy atom. The summed E-state index contributed by atoms with van der Waals surface area (Å²) in [5.74, 6) is 2.32. The van der Waals surface area contributed by atoms with Crippen LogP contribution in [0.25, 0.3) is 11.1 Å². The van der Waals surface area contributed by atoms with E-state index in [1.165, 1.54) is 14.2 Å². The fourth-order valence-corrected chi connectivity index (χ4v) is 5.68. The number of carbonyl (C=O) groups is 2. The molecule has 0 bridgehead atoms. The Morgan fingerprint density at radius 2 is 1.07 bits per heavy atom. The van der Waals surface area contributed by atoms with Gasteiger partial charge in [-0.2, -0.15) is 9.97 Å². The molecule has 6 rings (SSSR count). The van der Waals surface area contributed by atoms with Gasteiger partial charge in [-0.1, -0.05) is 36.4 Å². The topological polar surface area (TPSA) is 96.8 Å². The van der Waals surface area contributed by atoms with Crippen LogP contribution in [-0.4, -0.2) is 36.8 Å². The van der Waals surface area contributed by atoms with Crippen LogP contribution in [0.3, 0.4) is 0 Å². The Morgan fingerprint density at radius 1 is 0.659 bits per heavy atom. The second-order valence-electron chi connectivity index (χ2n) is 11.5. The third kappa shape index (κ3) is 5.89. The zero-order valence-electron chi connectivity index (χ0n) is 25.5. The lowest BCUT2D eigenvalue weighted by Crippen LogP contribution is -2.06. The third-order valence-electron chi connectivity index (χ3n) is 8.60. The maximum atomic E-state index is 11.6. The zero-order chi connectivity index (χ0) is 30.8. The smallest absolute Gasteiger partial charge is 0.227 e. The predicted molar refractivity (Wildman–Crippen MR) is 166 cm³/mol. The molecule has 0 atom stereocenters. The van der Waals surface area contributed by atoms with Crippen molar-refractivity contribution in [2.45, 2.75) is 64.6 Å². The molecule has 0 unspecified atom stereocenters. The maximum Gasteiger partial charge on any atom is 0.227 e. The number of hydrogen-bond acceptors (Lipinski definition) is 8. The lowest BCUT2D eigenvalue weighted by atomic mass is 9.92. The predicted octanol–water partition coefficient (Wildman–Crippen LogP) is 7.32. The average molecular weight is 593 g/mol. The van der Waals surface area contributed by atoms with Gasteiger partial charge in [0.2, 0.25) is 23.5 Å². The van der Waals surface area contributed by atoms with Gasteiger partial charge in [0, 0.05) is 11.1 Å². The van der Waals surface area contributed by atoms with Gasteiger partial charge in [-0.3, -0.25) is 9.59 Å². The molecule has 2 fully saturated rings. The highest BCUT2D eigenvalue weighted by Gasteiger charge is 2.30.